The SMILES string of the molecule is OC(Cc1cccc2ccccc12)c1ccc(F)cc1Cl. The lowest BCUT2D eigenvalue weighted by atomic mass is 9.96. The Bertz CT molecular complexity index is 780. The Labute approximate surface area is 127 Å². The Balaban J connectivity index is 1.94. The van der Waals surface area contributed by atoms with Gasteiger partial charge in [-0.2, -0.15) is 0 Å². The molecule has 3 aromatic carbocycles. The molecule has 1 nitrogen and oxygen atoms in total. The van der Waals surface area contributed by atoms with Crippen LogP contribution in [0.25, 0.3) is 10.8 Å². The van der Waals surface area contributed by atoms with Gasteiger partial charge in [0.15, 0.2) is 0 Å². The molecule has 0 aliphatic carbocycles. The maximum atomic E-state index is 13.1. The number of benzene rings is 3. The van der Waals surface area contributed by atoms with E-state index in [4.69, 9.17) is 11.6 Å². The molecule has 0 aliphatic rings. The predicted molar refractivity (Wildman–Crippen MR) is 84.0 cm³/mol. The van der Waals surface area contributed by atoms with Crippen molar-refractivity contribution in [3.05, 3.63) is 82.6 Å². The molecule has 0 spiro atoms. The van der Waals surface area contributed by atoms with Crippen LogP contribution in [-0.2, 0) is 6.42 Å². The van der Waals surface area contributed by atoms with Crippen molar-refractivity contribution in [3.63, 3.8) is 0 Å². The van der Waals surface area contributed by atoms with E-state index in [1.165, 1.54) is 18.2 Å². The number of rotatable bonds is 3. The van der Waals surface area contributed by atoms with Gasteiger partial charge in [-0.3, -0.25) is 0 Å². The Hall–Kier alpha value is -1.90. The molecule has 0 saturated carbocycles. The fourth-order valence-corrected chi connectivity index (χ4v) is 2.85. The van der Waals surface area contributed by atoms with Gasteiger partial charge < -0.3 is 5.11 Å². The van der Waals surface area contributed by atoms with Gasteiger partial charge in [0.1, 0.15) is 5.82 Å². The molecule has 3 aromatic rings. The minimum atomic E-state index is -0.760. The van der Waals surface area contributed by atoms with Gasteiger partial charge in [0.2, 0.25) is 0 Å². The van der Waals surface area contributed by atoms with Crippen LogP contribution in [0.2, 0.25) is 5.02 Å². The summed E-state index contributed by atoms with van der Waals surface area (Å²) in [5, 5.41) is 12.9. The van der Waals surface area contributed by atoms with E-state index in [9.17, 15) is 9.50 Å². The molecule has 1 unspecified atom stereocenters. The second-order valence-corrected chi connectivity index (χ2v) is 5.43. The van der Waals surface area contributed by atoms with E-state index in [1.54, 1.807) is 0 Å². The van der Waals surface area contributed by atoms with Crippen LogP contribution in [0.3, 0.4) is 0 Å². The van der Waals surface area contributed by atoms with E-state index in [1.807, 2.05) is 42.5 Å². The third-order valence-electron chi connectivity index (χ3n) is 3.61. The summed E-state index contributed by atoms with van der Waals surface area (Å²) in [4.78, 5) is 0. The molecule has 0 aromatic heterocycles. The third-order valence-corrected chi connectivity index (χ3v) is 3.94. The molecular weight excluding hydrogens is 287 g/mol. The standard InChI is InChI=1S/C18H14ClFO/c19-17-11-14(20)8-9-16(17)18(21)10-13-6-3-5-12-4-1-2-7-15(12)13/h1-9,11,18,21H,10H2. The largest absolute Gasteiger partial charge is 0.388 e. The zero-order valence-corrected chi connectivity index (χ0v) is 12.0. The quantitative estimate of drug-likeness (QED) is 0.729. The lowest BCUT2D eigenvalue weighted by Crippen LogP contribution is -2.03. The molecule has 0 aliphatic heterocycles. The Morgan fingerprint density at radius 3 is 2.57 bits per heavy atom. The highest BCUT2D eigenvalue weighted by Gasteiger charge is 2.14. The van der Waals surface area contributed by atoms with Crippen molar-refractivity contribution >= 4 is 22.4 Å². The summed E-state index contributed by atoms with van der Waals surface area (Å²) in [6, 6.07) is 18.1. The van der Waals surface area contributed by atoms with Gasteiger partial charge in [-0.25, -0.2) is 4.39 Å². The summed E-state index contributed by atoms with van der Waals surface area (Å²) >= 11 is 6.01. The van der Waals surface area contributed by atoms with Crippen LogP contribution >= 0.6 is 11.6 Å². The van der Waals surface area contributed by atoms with Crippen molar-refractivity contribution < 1.29 is 9.50 Å². The lowest BCUT2D eigenvalue weighted by molar-refractivity contribution is 0.179. The topological polar surface area (TPSA) is 20.2 Å². The molecule has 3 heteroatoms. The van der Waals surface area contributed by atoms with Crippen molar-refractivity contribution in [2.75, 3.05) is 0 Å². The van der Waals surface area contributed by atoms with Gasteiger partial charge in [0.05, 0.1) is 6.10 Å². The van der Waals surface area contributed by atoms with Crippen LogP contribution in [0.1, 0.15) is 17.2 Å². The first kappa shape index (κ1) is 14.1. The maximum Gasteiger partial charge on any atom is 0.124 e. The van der Waals surface area contributed by atoms with Gasteiger partial charge in [-0.15, -0.1) is 0 Å². The van der Waals surface area contributed by atoms with Gasteiger partial charge in [0.25, 0.3) is 0 Å². The average Bonchev–Trinajstić information content (AvgIpc) is 2.47. The molecule has 1 N–H and O–H groups in total. The molecule has 3 rings (SSSR count). The first-order valence-corrected chi connectivity index (χ1v) is 7.12. The first-order chi connectivity index (χ1) is 10.1. The van der Waals surface area contributed by atoms with E-state index in [0.717, 1.165) is 16.3 Å². The van der Waals surface area contributed by atoms with Crippen LogP contribution < -0.4 is 0 Å². The number of fused-ring (bicyclic) bond motifs is 1. The Kier molecular flexibility index (Phi) is 3.91. The highest BCUT2D eigenvalue weighted by atomic mass is 35.5. The highest BCUT2D eigenvalue weighted by Crippen LogP contribution is 2.29. The van der Waals surface area contributed by atoms with Crippen LogP contribution in [0, 0.1) is 5.82 Å². The zero-order valence-electron chi connectivity index (χ0n) is 11.3. The average molecular weight is 301 g/mol. The van der Waals surface area contributed by atoms with Gasteiger partial charge in [-0.1, -0.05) is 60.1 Å². The number of aliphatic hydroxyl groups excluding tert-OH is 1. The fourth-order valence-electron chi connectivity index (χ4n) is 2.56. The smallest absolute Gasteiger partial charge is 0.124 e. The molecule has 0 fully saturated rings. The number of hydrogen-bond acceptors (Lipinski definition) is 1. The third kappa shape index (κ3) is 2.92. The minimum absolute atomic E-state index is 0.253. The van der Waals surface area contributed by atoms with Crippen molar-refractivity contribution in [1.82, 2.24) is 0 Å². The normalized spacial score (nSPS) is 12.5. The minimum Gasteiger partial charge on any atom is -0.388 e. The molecule has 1 atom stereocenters. The molecule has 0 amide bonds. The molecule has 21 heavy (non-hydrogen) atoms. The summed E-state index contributed by atoms with van der Waals surface area (Å²) in [6.45, 7) is 0. The fraction of sp³-hybridized carbons (Fsp3) is 0.111. The van der Waals surface area contributed by atoms with Gasteiger partial charge in [-0.05, 0) is 34.0 Å². The van der Waals surface area contributed by atoms with Crippen molar-refractivity contribution in [3.8, 4) is 0 Å². The van der Waals surface area contributed by atoms with Crippen molar-refractivity contribution in [2.45, 2.75) is 12.5 Å². The highest BCUT2D eigenvalue weighted by molar-refractivity contribution is 6.31. The number of hydrogen-bond donors (Lipinski definition) is 1. The van der Waals surface area contributed by atoms with E-state index >= 15 is 0 Å². The predicted octanol–water partition coefficient (Wildman–Crippen LogP) is 4.91. The van der Waals surface area contributed by atoms with Gasteiger partial charge >= 0.3 is 0 Å². The van der Waals surface area contributed by atoms with Crippen LogP contribution in [0.5, 0.6) is 0 Å². The van der Waals surface area contributed by atoms with Crippen LogP contribution in [-0.4, -0.2) is 5.11 Å². The summed E-state index contributed by atoms with van der Waals surface area (Å²) in [6.07, 6.45) is -0.323. The van der Waals surface area contributed by atoms with E-state index in [0.29, 0.717) is 12.0 Å². The van der Waals surface area contributed by atoms with Crippen LogP contribution in [0.15, 0.2) is 60.7 Å². The second kappa shape index (κ2) is 5.84. The first-order valence-electron chi connectivity index (χ1n) is 6.75. The monoisotopic (exact) mass is 300 g/mol. The molecule has 0 heterocycles. The maximum absolute atomic E-state index is 13.1. The summed E-state index contributed by atoms with van der Waals surface area (Å²) in [5.74, 6) is -0.402. The summed E-state index contributed by atoms with van der Waals surface area (Å²) in [7, 11) is 0. The van der Waals surface area contributed by atoms with Crippen molar-refractivity contribution in [1.29, 1.82) is 0 Å². The molecule has 0 radical (unpaired) electrons. The Morgan fingerprint density at radius 1 is 1.00 bits per heavy atom. The van der Waals surface area contributed by atoms with Gasteiger partial charge in [0, 0.05) is 11.4 Å². The summed E-state index contributed by atoms with van der Waals surface area (Å²) < 4.78 is 13.1. The van der Waals surface area contributed by atoms with E-state index in [-0.39, 0.29) is 5.02 Å². The summed E-state index contributed by atoms with van der Waals surface area (Å²) in [5.41, 5.74) is 1.59. The molecule has 0 saturated heterocycles. The number of aliphatic hydroxyl groups is 1. The van der Waals surface area contributed by atoms with Crippen molar-refractivity contribution in [2.24, 2.45) is 0 Å². The number of halogens is 2. The van der Waals surface area contributed by atoms with E-state index in [2.05, 4.69) is 0 Å². The molecule has 0 bridgehead atoms. The molecular formula is C18H14ClFO. The lowest BCUT2D eigenvalue weighted by Gasteiger charge is -2.14. The van der Waals surface area contributed by atoms with E-state index < -0.39 is 11.9 Å². The molecule has 106 valence electrons. The zero-order chi connectivity index (χ0) is 14.8. The Morgan fingerprint density at radius 2 is 1.76 bits per heavy atom. The van der Waals surface area contributed by atoms with Crippen LogP contribution in [0.4, 0.5) is 4.39 Å². The second-order valence-electron chi connectivity index (χ2n) is 5.02.